The van der Waals surface area contributed by atoms with E-state index in [1.807, 2.05) is 37.3 Å². The van der Waals surface area contributed by atoms with Gasteiger partial charge in [0.1, 0.15) is 17.0 Å². The number of nitrogens with zero attached hydrogens (tertiary/aromatic N) is 4. The molecule has 0 fully saturated rings. The number of hydrogen-bond acceptors (Lipinski definition) is 3. The topological polar surface area (TPSA) is 55.7 Å². The quantitative estimate of drug-likeness (QED) is 0.0992. The highest BCUT2D eigenvalue weighted by atomic mass is 16.3. The molecule has 0 atom stereocenters. The normalized spacial score (nSPS) is 12.6. The van der Waals surface area contributed by atoms with Gasteiger partial charge in [0, 0.05) is 38.4 Å². The maximum atomic E-state index is 6.75. The molecule has 0 radical (unpaired) electrons. The van der Waals surface area contributed by atoms with Crippen LogP contribution in [-0.4, -0.2) is 21.1 Å². The molecule has 0 N–H and O–H groups in total. The van der Waals surface area contributed by atoms with E-state index in [1.54, 1.807) is 0 Å². The predicted octanol–water partition coefficient (Wildman–Crippen LogP) is 14.8. The summed E-state index contributed by atoms with van der Waals surface area (Å²) >= 11 is 0. The van der Waals surface area contributed by atoms with Gasteiger partial charge >= 0.3 is 0 Å². The lowest BCUT2D eigenvalue weighted by Gasteiger charge is -2.13. The van der Waals surface area contributed by atoms with Gasteiger partial charge in [-0.3, -0.25) is 4.57 Å². The number of fused-ring (bicyclic) bond motifs is 14. The van der Waals surface area contributed by atoms with Gasteiger partial charge in [0.25, 0.3) is 0 Å². The fourth-order valence-corrected chi connectivity index (χ4v) is 9.30. The molecule has 0 amide bonds. The molecule has 286 valence electrons. The smallest absolute Gasteiger partial charge is 0.161 e. The van der Waals surface area contributed by atoms with E-state index in [4.69, 9.17) is 19.4 Å². The minimum atomic E-state index is 0.534. The number of amidine groups is 1. The summed E-state index contributed by atoms with van der Waals surface area (Å²) in [4.78, 5) is 16.1. The number of para-hydroxylation sites is 3. The summed E-state index contributed by atoms with van der Waals surface area (Å²) in [5.41, 5.74) is 9.02. The zero-order chi connectivity index (χ0) is 40.6. The van der Waals surface area contributed by atoms with Crippen molar-refractivity contribution in [3.63, 3.8) is 0 Å². The molecule has 12 aromatic rings. The Labute approximate surface area is 350 Å². The molecular formula is C56H36N4O. The standard InChI is InChI=1S/C56H36N4O/c1-34(36-16-4-3-5-17-36)57-56(58-35(2)60-50-25-13-10-22-44(50)45-23-11-14-26-51(45)60)38-29-31-46-49(33-38)59-54(53-47-24-12-15-27-52(47)61-55(46)53)37-28-30-43-41-20-7-6-18-39(41)40-19-8-9-21-42(40)48(43)32-37/h3-33H,2H2,1H3. The fraction of sp³-hybridized carbons (Fsp3) is 0.0179. The van der Waals surface area contributed by atoms with Gasteiger partial charge in [-0.25, -0.2) is 15.0 Å². The highest BCUT2D eigenvalue weighted by molar-refractivity contribution is 6.27. The van der Waals surface area contributed by atoms with Crippen molar-refractivity contribution in [2.75, 3.05) is 0 Å². The zero-order valence-corrected chi connectivity index (χ0v) is 33.3. The van der Waals surface area contributed by atoms with Crippen molar-refractivity contribution >= 4 is 104 Å². The van der Waals surface area contributed by atoms with Gasteiger partial charge < -0.3 is 4.42 Å². The maximum Gasteiger partial charge on any atom is 0.161 e. The van der Waals surface area contributed by atoms with E-state index in [1.165, 1.54) is 32.3 Å². The Hall–Kier alpha value is -8.15. The largest absolute Gasteiger partial charge is 0.455 e. The molecule has 0 spiro atoms. The van der Waals surface area contributed by atoms with Crippen LogP contribution < -0.4 is 0 Å². The number of aliphatic imine (C=N–C) groups is 2. The molecule has 3 heterocycles. The van der Waals surface area contributed by atoms with Crippen molar-refractivity contribution in [2.24, 2.45) is 9.98 Å². The predicted molar refractivity (Wildman–Crippen MR) is 257 cm³/mol. The maximum absolute atomic E-state index is 6.75. The molecule has 5 nitrogen and oxygen atoms in total. The Morgan fingerprint density at radius 3 is 1.70 bits per heavy atom. The Morgan fingerprint density at radius 1 is 0.492 bits per heavy atom. The molecule has 12 rings (SSSR count). The van der Waals surface area contributed by atoms with E-state index in [-0.39, 0.29) is 0 Å². The van der Waals surface area contributed by atoms with Crippen LogP contribution in [0.15, 0.2) is 209 Å². The molecule has 0 aliphatic rings. The molecular weight excluding hydrogens is 745 g/mol. The van der Waals surface area contributed by atoms with Gasteiger partial charge in [-0.2, -0.15) is 0 Å². The summed E-state index contributed by atoms with van der Waals surface area (Å²) in [6.45, 7) is 6.59. The Balaban J connectivity index is 1.10. The molecule has 0 bridgehead atoms. The van der Waals surface area contributed by atoms with Crippen LogP contribution in [0.2, 0.25) is 0 Å². The summed E-state index contributed by atoms with van der Waals surface area (Å²) in [7, 11) is 0. The van der Waals surface area contributed by atoms with Gasteiger partial charge in [-0.05, 0) is 81.2 Å². The Bertz CT molecular complexity index is 3760. The summed E-state index contributed by atoms with van der Waals surface area (Å²) in [6.07, 6.45) is 0. The summed E-state index contributed by atoms with van der Waals surface area (Å²) in [5.74, 6) is 1.10. The molecule has 5 heteroatoms. The van der Waals surface area contributed by atoms with E-state index in [0.717, 1.165) is 82.7 Å². The van der Waals surface area contributed by atoms with Gasteiger partial charge in [0.15, 0.2) is 5.84 Å². The first kappa shape index (κ1) is 34.9. The molecule has 0 saturated carbocycles. The minimum Gasteiger partial charge on any atom is -0.455 e. The lowest BCUT2D eigenvalue weighted by Crippen LogP contribution is -2.06. The van der Waals surface area contributed by atoms with Crippen LogP contribution in [0.1, 0.15) is 18.1 Å². The molecule has 0 aliphatic heterocycles. The first-order chi connectivity index (χ1) is 30.1. The van der Waals surface area contributed by atoms with Crippen LogP contribution in [0, 0.1) is 0 Å². The average molecular weight is 781 g/mol. The van der Waals surface area contributed by atoms with Gasteiger partial charge in [-0.1, -0.05) is 158 Å². The monoisotopic (exact) mass is 780 g/mol. The first-order valence-electron chi connectivity index (χ1n) is 20.5. The van der Waals surface area contributed by atoms with Crippen molar-refractivity contribution in [1.29, 1.82) is 0 Å². The van der Waals surface area contributed by atoms with Crippen molar-refractivity contribution in [2.45, 2.75) is 6.92 Å². The lowest BCUT2D eigenvalue weighted by molar-refractivity contribution is 0.672. The van der Waals surface area contributed by atoms with Crippen molar-refractivity contribution in [3.8, 4) is 11.3 Å². The van der Waals surface area contributed by atoms with Crippen molar-refractivity contribution < 1.29 is 4.42 Å². The number of furan rings is 1. The summed E-state index contributed by atoms with van der Waals surface area (Å²) < 4.78 is 8.87. The molecule has 0 unspecified atom stereocenters. The minimum absolute atomic E-state index is 0.534. The molecule has 9 aromatic carbocycles. The van der Waals surface area contributed by atoms with E-state index < -0.39 is 0 Å². The van der Waals surface area contributed by atoms with Crippen LogP contribution in [0.3, 0.4) is 0 Å². The SMILES string of the molecule is C=C(N=C(N=C(C)c1ccccc1)c1ccc2c(c1)nc(-c1ccc3c4ccccc4c4ccccc4c3c1)c1c3ccccc3oc21)n1c2ccccc2c2ccccc21. The van der Waals surface area contributed by atoms with E-state index in [9.17, 15) is 0 Å². The molecule has 3 aromatic heterocycles. The summed E-state index contributed by atoms with van der Waals surface area (Å²) in [6, 6.07) is 65.6. The first-order valence-corrected chi connectivity index (χ1v) is 20.5. The highest BCUT2D eigenvalue weighted by Crippen LogP contribution is 2.42. The highest BCUT2D eigenvalue weighted by Gasteiger charge is 2.21. The third-order valence-corrected chi connectivity index (χ3v) is 12.1. The second-order valence-electron chi connectivity index (χ2n) is 15.6. The van der Waals surface area contributed by atoms with Gasteiger partial charge in [0.2, 0.25) is 0 Å². The van der Waals surface area contributed by atoms with Gasteiger partial charge in [0.05, 0.1) is 27.6 Å². The third-order valence-electron chi connectivity index (χ3n) is 12.1. The molecule has 0 saturated heterocycles. The molecule has 61 heavy (non-hydrogen) atoms. The van der Waals surface area contributed by atoms with Crippen molar-refractivity contribution in [1.82, 2.24) is 9.55 Å². The summed E-state index contributed by atoms with van der Waals surface area (Å²) in [5, 5.41) is 12.6. The van der Waals surface area contributed by atoms with Crippen molar-refractivity contribution in [3.05, 3.63) is 206 Å². The number of pyridine rings is 1. The number of aromatic nitrogens is 2. The van der Waals surface area contributed by atoms with E-state index in [2.05, 4.69) is 169 Å². The van der Waals surface area contributed by atoms with Crippen LogP contribution in [-0.2, 0) is 0 Å². The number of benzene rings is 9. The van der Waals surface area contributed by atoms with Crippen LogP contribution >= 0.6 is 0 Å². The Morgan fingerprint density at radius 2 is 1.03 bits per heavy atom. The van der Waals surface area contributed by atoms with Gasteiger partial charge in [-0.15, -0.1) is 0 Å². The second kappa shape index (κ2) is 13.7. The van der Waals surface area contributed by atoms with Crippen LogP contribution in [0.4, 0.5) is 0 Å². The third kappa shape index (κ3) is 5.52. The lowest BCUT2D eigenvalue weighted by atomic mass is 9.92. The fourth-order valence-electron chi connectivity index (χ4n) is 9.30. The average Bonchev–Trinajstić information content (AvgIpc) is 3.88. The second-order valence-corrected chi connectivity index (χ2v) is 15.6. The number of rotatable bonds is 5. The van der Waals surface area contributed by atoms with E-state index >= 15 is 0 Å². The Kier molecular flexibility index (Phi) is 7.84. The molecule has 0 aliphatic carbocycles. The van der Waals surface area contributed by atoms with E-state index in [0.29, 0.717) is 11.7 Å². The van der Waals surface area contributed by atoms with Crippen LogP contribution in [0.5, 0.6) is 0 Å². The zero-order valence-electron chi connectivity index (χ0n) is 33.3. The number of hydrogen-bond donors (Lipinski definition) is 0. The van der Waals surface area contributed by atoms with Crippen LogP contribution in [0.25, 0.3) is 104 Å².